The van der Waals surface area contributed by atoms with E-state index in [0.717, 1.165) is 11.6 Å². The molecule has 2 aromatic carbocycles. The summed E-state index contributed by atoms with van der Waals surface area (Å²) < 4.78 is 0. The number of carbonyl (C=O) groups excluding carboxylic acids is 2. The van der Waals surface area contributed by atoms with Gasteiger partial charge in [-0.15, -0.1) is 0 Å². The first kappa shape index (κ1) is 18.0. The Bertz CT molecular complexity index is 788. The van der Waals surface area contributed by atoms with Crippen LogP contribution in [0, 0.1) is 0 Å². The lowest BCUT2D eigenvalue weighted by atomic mass is 10.2. The van der Waals surface area contributed by atoms with Gasteiger partial charge in [-0.3, -0.25) is 9.59 Å². The van der Waals surface area contributed by atoms with Gasteiger partial charge in [0, 0.05) is 18.3 Å². The topological polar surface area (TPSA) is 111 Å². The van der Waals surface area contributed by atoms with Crippen LogP contribution in [0.15, 0.2) is 53.6 Å². The van der Waals surface area contributed by atoms with Gasteiger partial charge in [-0.25, -0.2) is 5.43 Å². The fourth-order valence-electron chi connectivity index (χ4n) is 2.05. The Labute approximate surface area is 145 Å². The van der Waals surface area contributed by atoms with Crippen molar-refractivity contribution in [1.82, 2.24) is 10.7 Å². The molecule has 0 fully saturated rings. The van der Waals surface area contributed by atoms with Gasteiger partial charge in [0.2, 0.25) is 5.91 Å². The van der Waals surface area contributed by atoms with Crippen molar-refractivity contribution < 1.29 is 19.8 Å². The SMILES string of the molecule is C/C(CC(=O)NCc1ccccc1)=N/NC(=O)c1ccc(O)cc1O. The van der Waals surface area contributed by atoms with Crippen LogP contribution in [-0.4, -0.2) is 27.7 Å². The van der Waals surface area contributed by atoms with E-state index in [9.17, 15) is 19.8 Å². The predicted molar refractivity (Wildman–Crippen MR) is 93.3 cm³/mol. The normalized spacial score (nSPS) is 11.0. The molecule has 0 bridgehead atoms. The van der Waals surface area contributed by atoms with E-state index in [4.69, 9.17) is 0 Å². The van der Waals surface area contributed by atoms with Gasteiger partial charge in [-0.05, 0) is 24.6 Å². The highest BCUT2D eigenvalue weighted by Gasteiger charge is 2.11. The third-order valence-electron chi connectivity index (χ3n) is 3.32. The lowest BCUT2D eigenvalue weighted by molar-refractivity contribution is -0.120. The minimum atomic E-state index is -0.637. The number of nitrogens with zero attached hydrogens (tertiary/aromatic N) is 1. The van der Waals surface area contributed by atoms with Gasteiger partial charge in [0.05, 0.1) is 12.0 Å². The van der Waals surface area contributed by atoms with Crippen molar-refractivity contribution in [3.8, 4) is 11.5 Å². The highest BCUT2D eigenvalue weighted by Crippen LogP contribution is 2.22. The average molecular weight is 341 g/mol. The van der Waals surface area contributed by atoms with E-state index in [1.807, 2.05) is 30.3 Å². The Morgan fingerprint density at radius 1 is 1.08 bits per heavy atom. The molecule has 0 saturated heterocycles. The van der Waals surface area contributed by atoms with Crippen molar-refractivity contribution in [3.05, 3.63) is 59.7 Å². The van der Waals surface area contributed by atoms with E-state index < -0.39 is 5.91 Å². The number of aromatic hydroxyl groups is 2. The molecule has 2 amide bonds. The molecular formula is C18H19N3O4. The highest BCUT2D eigenvalue weighted by atomic mass is 16.3. The number of hydrogen-bond donors (Lipinski definition) is 4. The number of hydrazone groups is 1. The van der Waals surface area contributed by atoms with E-state index in [-0.39, 0.29) is 29.4 Å². The van der Waals surface area contributed by atoms with Crippen LogP contribution in [-0.2, 0) is 11.3 Å². The van der Waals surface area contributed by atoms with Crippen LogP contribution < -0.4 is 10.7 Å². The van der Waals surface area contributed by atoms with Gasteiger partial charge in [0.1, 0.15) is 11.5 Å². The Hall–Kier alpha value is -3.35. The maximum Gasteiger partial charge on any atom is 0.275 e. The lowest BCUT2D eigenvalue weighted by Crippen LogP contribution is -2.26. The first-order valence-electron chi connectivity index (χ1n) is 7.62. The summed E-state index contributed by atoms with van der Waals surface area (Å²) in [7, 11) is 0. The van der Waals surface area contributed by atoms with Crippen LogP contribution in [0.5, 0.6) is 11.5 Å². The summed E-state index contributed by atoms with van der Waals surface area (Å²) in [6.07, 6.45) is 0.0364. The van der Waals surface area contributed by atoms with E-state index >= 15 is 0 Å². The van der Waals surface area contributed by atoms with E-state index in [2.05, 4.69) is 15.8 Å². The van der Waals surface area contributed by atoms with Crippen molar-refractivity contribution in [1.29, 1.82) is 0 Å². The molecule has 2 aromatic rings. The molecule has 4 N–H and O–H groups in total. The number of rotatable bonds is 6. The quantitative estimate of drug-likeness (QED) is 0.475. The summed E-state index contributed by atoms with van der Waals surface area (Å²) in [6.45, 7) is 2.03. The van der Waals surface area contributed by atoms with Gasteiger partial charge in [-0.2, -0.15) is 5.10 Å². The molecule has 0 saturated carbocycles. The lowest BCUT2D eigenvalue weighted by Gasteiger charge is -2.06. The van der Waals surface area contributed by atoms with Crippen LogP contribution >= 0.6 is 0 Å². The molecule has 0 aliphatic heterocycles. The number of carbonyl (C=O) groups is 2. The molecule has 0 aliphatic carbocycles. The van der Waals surface area contributed by atoms with E-state index in [1.165, 1.54) is 12.1 Å². The largest absolute Gasteiger partial charge is 0.508 e. The van der Waals surface area contributed by atoms with Crippen molar-refractivity contribution in [2.45, 2.75) is 19.9 Å². The molecule has 2 rings (SSSR count). The van der Waals surface area contributed by atoms with E-state index in [1.54, 1.807) is 6.92 Å². The maximum absolute atomic E-state index is 11.9. The first-order valence-corrected chi connectivity index (χ1v) is 7.62. The monoisotopic (exact) mass is 341 g/mol. The molecule has 0 radical (unpaired) electrons. The van der Waals surface area contributed by atoms with Crippen LogP contribution in [0.25, 0.3) is 0 Å². The summed E-state index contributed by atoms with van der Waals surface area (Å²) in [6, 6.07) is 13.1. The molecule has 0 aromatic heterocycles. The standard InChI is InChI=1S/C18H19N3O4/c1-12(9-17(24)19-11-13-5-3-2-4-6-13)20-21-18(25)15-8-7-14(22)10-16(15)23/h2-8,10,22-23H,9,11H2,1H3,(H,19,24)(H,21,25)/b20-12-. The summed E-state index contributed by atoms with van der Waals surface area (Å²) in [5.41, 5.74) is 3.64. The number of amides is 2. The Morgan fingerprint density at radius 3 is 2.48 bits per heavy atom. The maximum atomic E-state index is 11.9. The average Bonchev–Trinajstić information content (AvgIpc) is 2.59. The minimum Gasteiger partial charge on any atom is -0.508 e. The van der Waals surface area contributed by atoms with Gasteiger partial charge < -0.3 is 15.5 Å². The summed E-state index contributed by atoms with van der Waals surface area (Å²) >= 11 is 0. The Kier molecular flexibility index (Phi) is 6.11. The van der Waals surface area contributed by atoms with Crippen molar-refractivity contribution >= 4 is 17.5 Å². The number of nitrogens with one attached hydrogen (secondary N) is 2. The molecule has 130 valence electrons. The smallest absolute Gasteiger partial charge is 0.275 e. The van der Waals surface area contributed by atoms with Gasteiger partial charge >= 0.3 is 0 Å². The fraction of sp³-hybridized carbons (Fsp3) is 0.167. The second kappa shape index (κ2) is 8.49. The highest BCUT2D eigenvalue weighted by molar-refractivity contribution is 6.01. The van der Waals surface area contributed by atoms with Crippen molar-refractivity contribution in [2.75, 3.05) is 0 Å². The van der Waals surface area contributed by atoms with Crippen LogP contribution in [0.2, 0.25) is 0 Å². The number of phenols is 2. The summed E-state index contributed by atoms with van der Waals surface area (Å²) in [4.78, 5) is 23.8. The number of hydrogen-bond acceptors (Lipinski definition) is 5. The number of benzene rings is 2. The van der Waals surface area contributed by atoms with Crippen molar-refractivity contribution in [2.24, 2.45) is 5.10 Å². The third-order valence-corrected chi connectivity index (χ3v) is 3.32. The predicted octanol–water partition coefficient (Wildman–Crippen LogP) is 1.91. The Morgan fingerprint density at radius 2 is 1.80 bits per heavy atom. The summed E-state index contributed by atoms with van der Waals surface area (Å²) in [5.74, 6) is -1.36. The molecule has 0 aliphatic rings. The molecular weight excluding hydrogens is 322 g/mol. The molecule has 0 unspecified atom stereocenters. The van der Waals surface area contributed by atoms with Gasteiger partial charge in [0.15, 0.2) is 0 Å². The third kappa shape index (κ3) is 5.65. The van der Waals surface area contributed by atoms with Crippen molar-refractivity contribution in [3.63, 3.8) is 0 Å². The zero-order valence-corrected chi connectivity index (χ0v) is 13.7. The molecule has 0 spiro atoms. The first-order chi connectivity index (χ1) is 12.0. The molecule has 7 nitrogen and oxygen atoms in total. The van der Waals surface area contributed by atoms with Gasteiger partial charge in [-0.1, -0.05) is 30.3 Å². The zero-order chi connectivity index (χ0) is 18.2. The second-order valence-electron chi connectivity index (χ2n) is 5.43. The molecule has 25 heavy (non-hydrogen) atoms. The zero-order valence-electron chi connectivity index (χ0n) is 13.7. The minimum absolute atomic E-state index is 0.0251. The second-order valence-corrected chi connectivity index (χ2v) is 5.43. The van der Waals surface area contributed by atoms with E-state index in [0.29, 0.717) is 12.3 Å². The molecule has 7 heteroatoms. The van der Waals surface area contributed by atoms with Crippen LogP contribution in [0.3, 0.4) is 0 Å². The van der Waals surface area contributed by atoms with Crippen LogP contribution in [0.1, 0.15) is 29.3 Å². The number of phenolic OH excluding ortho intramolecular Hbond substituents is 2. The fourth-order valence-corrected chi connectivity index (χ4v) is 2.05. The Balaban J connectivity index is 1.84. The molecule has 0 heterocycles. The van der Waals surface area contributed by atoms with Crippen LogP contribution in [0.4, 0.5) is 0 Å². The summed E-state index contributed by atoms with van der Waals surface area (Å²) in [5, 5.41) is 25.4. The van der Waals surface area contributed by atoms with Gasteiger partial charge in [0.25, 0.3) is 5.91 Å². The molecule has 0 atom stereocenters.